The maximum atomic E-state index is 9.89. The van der Waals surface area contributed by atoms with Crippen LogP contribution in [0, 0.1) is 0 Å². The van der Waals surface area contributed by atoms with E-state index in [1.165, 1.54) is 7.11 Å². The van der Waals surface area contributed by atoms with Gasteiger partial charge in [0.15, 0.2) is 11.5 Å². The Hall–Kier alpha value is -1.26. The SMILES string of the molecule is CCN(CCO)Cc1cccc(OC)c1O. The standard InChI is InChI=1S/C12H19NO3/c1-3-13(7-8-14)9-10-5-4-6-11(16-2)12(10)15/h4-6,14-15H,3,7-9H2,1-2H3. The van der Waals surface area contributed by atoms with Gasteiger partial charge >= 0.3 is 0 Å². The van der Waals surface area contributed by atoms with Gasteiger partial charge in [-0.2, -0.15) is 0 Å². The minimum atomic E-state index is 0.124. The lowest BCUT2D eigenvalue weighted by molar-refractivity contribution is 0.195. The van der Waals surface area contributed by atoms with Crippen LogP contribution in [0.25, 0.3) is 0 Å². The Morgan fingerprint density at radius 3 is 2.69 bits per heavy atom. The second kappa shape index (κ2) is 6.35. The van der Waals surface area contributed by atoms with Crippen molar-refractivity contribution in [2.75, 3.05) is 26.8 Å². The van der Waals surface area contributed by atoms with Gasteiger partial charge in [0, 0.05) is 18.7 Å². The number of phenols is 1. The van der Waals surface area contributed by atoms with Gasteiger partial charge in [0.2, 0.25) is 0 Å². The van der Waals surface area contributed by atoms with Crippen LogP contribution < -0.4 is 4.74 Å². The van der Waals surface area contributed by atoms with Crippen LogP contribution in [0.4, 0.5) is 0 Å². The molecular weight excluding hydrogens is 206 g/mol. The molecule has 2 N–H and O–H groups in total. The number of methoxy groups -OCH3 is 1. The molecule has 0 bridgehead atoms. The van der Waals surface area contributed by atoms with Crippen molar-refractivity contribution in [1.82, 2.24) is 4.90 Å². The van der Waals surface area contributed by atoms with E-state index in [0.717, 1.165) is 12.1 Å². The summed E-state index contributed by atoms with van der Waals surface area (Å²) in [6.45, 7) is 4.19. The van der Waals surface area contributed by atoms with Gasteiger partial charge in [0.1, 0.15) is 0 Å². The van der Waals surface area contributed by atoms with Gasteiger partial charge in [-0.25, -0.2) is 0 Å². The summed E-state index contributed by atoms with van der Waals surface area (Å²) in [6, 6.07) is 5.43. The topological polar surface area (TPSA) is 52.9 Å². The largest absolute Gasteiger partial charge is 0.504 e. The van der Waals surface area contributed by atoms with Gasteiger partial charge in [0.25, 0.3) is 0 Å². The van der Waals surface area contributed by atoms with Crippen LogP contribution in [0.3, 0.4) is 0 Å². The van der Waals surface area contributed by atoms with Crippen LogP contribution in [-0.4, -0.2) is 41.9 Å². The second-order valence-corrected chi connectivity index (χ2v) is 3.56. The Kier molecular flexibility index (Phi) is 5.08. The first-order chi connectivity index (χ1) is 7.72. The fourth-order valence-corrected chi connectivity index (χ4v) is 1.59. The number of aliphatic hydroxyl groups excluding tert-OH is 1. The number of hydrogen-bond acceptors (Lipinski definition) is 4. The summed E-state index contributed by atoms with van der Waals surface area (Å²) >= 11 is 0. The van der Waals surface area contributed by atoms with Crippen LogP contribution in [0.5, 0.6) is 11.5 Å². The van der Waals surface area contributed by atoms with Crippen LogP contribution in [0.2, 0.25) is 0 Å². The summed E-state index contributed by atoms with van der Waals surface area (Å²) in [5, 5.41) is 18.8. The van der Waals surface area contributed by atoms with Crippen molar-refractivity contribution in [3.05, 3.63) is 23.8 Å². The molecule has 0 atom stereocenters. The molecule has 1 rings (SSSR count). The zero-order valence-electron chi connectivity index (χ0n) is 9.81. The first kappa shape index (κ1) is 12.8. The van der Waals surface area contributed by atoms with Gasteiger partial charge in [0.05, 0.1) is 13.7 Å². The van der Waals surface area contributed by atoms with Crippen LogP contribution in [0.1, 0.15) is 12.5 Å². The molecule has 0 aliphatic heterocycles. The summed E-state index contributed by atoms with van der Waals surface area (Å²) < 4.78 is 5.04. The summed E-state index contributed by atoms with van der Waals surface area (Å²) in [5.41, 5.74) is 0.814. The van der Waals surface area contributed by atoms with Gasteiger partial charge in [-0.15, -0.1) is 0 Å². The smallest absolute Gasteiger partial charge is 0.162 e. The highest BCUT2D eigenvalue weighted by molar-refractivity contribution is 5.45. The molecule has 0 saturated heterocycles. The fourth-order valence-electron chi connectivity index (χ4n) is 1.59. The Morgan fingerprint density at radius 2 is 2.12 bits per heavy atom. The number of para-hydroxylation sites is 1. The first-order valence-corrected chi connectivity index (χ1v) is 5.41. The average Bonchev–Trinajstić information content (AvgIpc) is 2.31. The van der Waals surface area contributed by atoms with E-state index < -0.39 is 0 Å². The van der Waals surface area contributed by atoms with Gasteiger partial charge in [-0.05, 0) is 12.6 Å². The maximum Gasteiger partial charge on any atom is 0.162 e. The van der Waals surface area contributed by atoms with Gasteiger partial charge in [-0.3, -0.25) is 4.90 Å². The van der Waals surface area contributed by atoms with Crippen molar-refractivity contribution < 1.29 is 14.9 Å². The summed E-state index contributed by atoms with van der Waals surface area (Å²) in [4.78, 5) is 2.05. The minimum absolute atomic E-state index is 0.124. The number of rotatable bonds is 6. The van der Waals surface area contributed by atoms with E-state index in [1.807, 2.05) is 19.1 Å². The number of ether oxygens (including phenoxy) is 1. The number of phenolic OH excluding ortho intramolecular Hbond substituents is 1. The quantitative estimate of drug-likeness (QED) is 0.764. The fraction of sp³-hybridized carbons (Fsp3) is 0.500. The van der Waals surface area contributed by atoms with E-state index in [9.17, 15) is 5.11 Å². The molecule has 4 nitrogen and oxygen atoms in total. The zero-order valence-corrected chi connectivity index (χ0v) is 9.81. The third-order valence-electron chi connectivity index (χ3n) is 2.56. The molecule has 0 spiro atoms. The average molecular weight is 225 g/mol. The number of likely N-dealkylation sites (N-methyl/N-ethyl adjacent to an activating group) is 1. The van der Waals surface area contributed by atoms with E-state index in [-0.39, 0.29) is 12.4 Å². The predicted octanol–water partition coefficient (Wildman–Crippen LogP) is 1.21. The van der Waals surface area contributed by atoms with Crippen LogP contribution in [0.15, 0.2) is 18.2 Å². The summed E-state index contributed by atoms with van der Waals surface area (Å²) in [5.74, 6) is 0.666. The number of hydrogen-bond donors (Lipinski definition) is 2. The molecule has 0 fully saturated rings. The molecule has 1 aromatic rings. The van der Waals surface area contributed by atoms with Crippen molar-refractivity contribution in [3.8, 4) is 11.5 Å². The van der Waals surface area contributed by atoms with Crippen LogP contribution >= 0.6 is 0 Å². The van der Waals surface area contributed by atoms with Gasteiger partial charge in [-0.1, -0.05) is 19.1 Å². The molecule has 0 radical (unpaired) electrons. The molecule has 0 unspecified atom stereocenters. The Bertz CT molecular complexity index is 328. The second-order valence-electron chi connectivity index (χ2n) is 3.56. The Balaban J connectivity index is 2.79. The van der Waals surface area contributed by atoms with E-state index >= 15 is 0 Å². The summed E-state index contributed by atoms with van der Waals surface area (Å²) in [6.07, 6.45) is 0. The van der Waals surface area contributed by atoms with Crippen molar-refractivity contribution in [2.24, 2.45) is 0 Å². The molecule has 1 aromatic carbocycles. The zero-order chi connectivity index (χ0) is 12.0. The van der Waals surface area contributed by atoms with E-state index in [4.69, 9.17) is 9.84 Å². The number of nitrogens with zero attached hydrogens (tertiary/aromatic N) is 1. The Morgan fingerprint density at radius 1 is 1.38 bits per heavy atom. The first-order valence-electron chi connectivity index (χ1n) is 5.41. The third kappa shape index (κ3) is 3.12. The van der Waals surface area contributed by atoms with Crippen molar-refractivity contribution in [1.29, 1.82) is 0 Å². The highest BCUT2D eigenvalue weighted by atomic mass is 16.5. The number of aliphatic hydroxyl groups is 1. The lowest BCUT2D eigenvalue weighted by Gasteiger charge is -2.20. The van der Waals surface area contributed by atoms with E-state index in [1.54, 1.807) is 6.07 Å². The molecule has 0 amide bonds. The Labute approximate surface area is 96.1 Å². The predicted molar refractivity (Wildman–Crippen MR) is 62.7 cm³/mol. The molecular formula is C12H19NO3. The summed E-state index contributed by atoms with van der Waals surface area (Å²) in [7, 11) is 1.53. The molecule has 0 aromatic heterocycles. The molecule has 0 aliphatic rings. The van der Waals surface area contributed by atoms with Crippen molar-refractivity contribution >= 4 is 0 Å². The normalized spacial score (nSPS) is 10.8. The lowest BCUT2D eigenvalue weighted by atomic mass is 10.1. The molecule has 90 valence electrons. The third-order valence-corrected chi connectivity index (χ3v) is 2.56. The van der Waals surface area contributed by atoms with E-state index in [2.05, 4.69) is 4.90 Å². The van der Waals surface area contributed by atoms with Crippen LogP contribution in [-0.2, 0) is 6.54 Å². The molecule has 0 aliphatic carbocycles. The molecule has 4 heteroatoms. The van der Waals surface area contributed by atoms with Gasteiger partial charge < -0.3 is 14.9 Å². The highest BCUT2D eigenvalue weighted by Crippen LogP contribution is 2.29. The maximum absolute atomic E-state index is 9.89. The lowest BCUT2D eigenvalue weighted by Crippen LogP contribution is -2.26. The number of aromatic hydroxyl groups is 1. The highest BCUT2D eigenvalue weighted by Gasteiger charge is 2.10. The number of benzene rings is 1. The van der Waals surface area contributed by atoms with E-state index in [0.29, 0.717) is 18.8 Å². The monoisotopic (exact) mass is 225 g/mol. The van der Waals surface area contributed by atoms with Crippen molar-refractivity contribution in [3.63, 3.8) is 0 Å². The molecule has 16 heavy (non-hydrogen) atoms. The molecule has 0 saturated carbocycles. The van der Waals surface area contributed by atoms with Crippen molar-refractivity contribution in [2.45, 2.75) is 13.5 Å². The minimum Gasteiger partial charge on any atom is -0.504 e. The molecule has 0 heterocycles.